The Labute approximate surface area is 125 Å². The normalized spacial score (nSPS) is 10.0. The second-order valence-corrected chi connectivity index (χ2v) is 5.09. The summed E-state index contributed by atoms with van der Waals surface area (Å²) < 4.78 is 0. The molecule has 2 aromatic rings. The van der Waals surface area contributed by atoms with Crippen LogP contribution in [0.3, 0.4) is 0 Å². The summed E-state index contributed by atoms with van der Waals surface area (Å²) in [4.78, 5) is 19.7. The summed E-state index contributed by atoms with van der Waals surface area (Å²) in [7, 11) is 5.77. The number of urea groups is 1. The van der Waals surface area contributed by atoms with Gasteiger partial charge in [0.05, 0.1) is 11.9 Å². The molecule has 5 heteroatoms. The van der Waals surface area contributed by atoms with Crippen molar-refractivity contribution in [3.63, 3.8) is 0 Å². The number of rotatable bonds is 4. The van der Waals surface area contributed by atoms with Gasteiger partial charge in [0.2, 0.25) is 0 Å². The zero-order valence-electron chi connectivity index (χ0n) is 12.6. The number of carbonyl (C=O) groups excluding carboxylic acids is 1. The lowest BCUT2D eigenvalue weighted by molar-refractivity contribution is 0.220. The first kappa shape index (κ1) is 14.8. The summed E-state index contributed by atoms with van der Waals surface area (Å²) in [6.07, 6.45) is 3.29. The Morgan fingerprint density at radius 1 is 1.14 bits per heavy atom. The number of nitrogens with zero attached hydrogens (tertiary/aromatic N) is 3. The lowest BCUT2D eigenvalue weighted by Gasteiger charge is -2.19. The first-order valence-electron chi connectivity index (χ1n) is 6.74. The zero-order valence-corrected chi connectivity index (χ0v) is 12.6. The summed E-state index contributed by atoms with van der Waals surface area (Å²) in [5, 5.41) is 2.81. The lowest BCUT2D eigenvalue weighted by Crippen LogP contribution is -2.30. The Kier molecular flexibility index (Phi) is 4.77. The molecule has 1 aromatic carbocycles. The molecule has 5 nitrogen and oxygen atoms in total. The average Bonchev–Trinajstić information content (AvgIpc) is 2.48. The van der Waals surface area contributed by atoms with Crippen LogP contribution in [0.5, 0.6) is 0 Å². The van der Waals surface area contributed by atoms with Gasteiger partial charge in [-0.1, -0.05) is 12.1 Å². The van der Waals surface area contributed by atoms with Gasteiger partial charge >= 0.3 is 6.03 Å². The minimum absolute atomic E-state index is 0.153. The highest BCUT2D eigenvalue weighted by molar-refractivity contribution is 5.88. The molecule has 110 valence electrons. The lowest BCUT2D eigenvalue weighted by atomic mass is 10.2. The van der Waals surface area contributed by atoms with Gasteiger partial charge in [0.25, 0.3) is 0 Å². The van der Waals surface area contributed by atoms with E-state index in [-0.39, 0.29) is 6.03 Å². The highest BCUT2D eigenvalue weighted by Gasteiger charge is 2.09. The van der Waals surface area contributed by atoms with Crippen LogP contribution in [0.25, 0.3) is 0 Å². The number of amides is 2. The van der Waals surface area contributed by atoms with Crippen molar-refractivity contribution < 1.29 is 4.79 Å². The van der Waals surface area contributed by atoms with E-state index < -0.39 is 0 Å². The van der Waals surface area contributed by atoms with Gasteiger partial charge in [-0.25, -0.2) is 4.79 Å². The highest BCUT2D eigenvalue weighted by Crippen LogP contribution is 2.14. The minimum Gasteiger partial charge on any atom is -0.378 e. The molecule has 0 atom stereocenters. The Bertz CT molecular complexity index is 581. The Hall–Kier alpha value is -2.56. The van der Waals surface area contributed by atoms with E-state index in [2.05, 4.69) is 10.3 Å². The van der Waals surface area contributed by atoms with Gasteiger partial charge in [-0.05, 0) is 29.8 Å². The summed E-state index contributed by atoms with van der Waals surface area (Å²) in [5.41, 5.74) is 2.92. The number of benzene rings is 1. The SMILES string of the molecule is CN(Cc1ccc(N(C)C)cc1)C(=O)Nc1cccnc1. The maximum atomic E-state index is 12.1. The van der Waals surface area contributed by atoms with Crippen molar-refractivity contribution in [2.24, 2.45) is 0 Å². The molecule has 2 rings (SSSR count). The van der Waals surface area contributed by atoms with Crippen LogP contribution in [-0.2, 0) is 6.54 Å². The first-order valence-corrected chi connectivity index (χ1v) is 6.74. The number of aromatic nitrogens is 1. The van der Waals surface area contributed by atoms with Gasteiger partial charge in [0.15, 0.2) is 0 Å². The third kappa shape index (κ3) is 4.21. The van der Waals surface area contributed by atoms with Crippen LogP contribution in [0.15, 0.2) is 48.8 Å². The van der Waals surface area contributed by atoms with E-state index in [0.717, 1.165) is 11.3 Å². The van der Waals surface area contributed by atoms with Gasteiger partial charge in [0.1, 0.15) is 0 Å². The predicted molar refractivity (Wildman–Crippen MR) is 85.5 cm³/mol. The van der Waals surface area contributed by atoms with Gasteiger partial charge in [0, 0.05) is 39.6 Å². The van der Waals surface area contributed by atoms with Crippen LogP contribution in [-0.4, -0.2) is 37.1 Å². The molecular formula is C16H20N4O. The maximum absolute atomic E-state index is 12.1. The first-order chi connectivity index (χ1) is 10.1. The molecule has 2 amide bonds. The fourth-order valence-electron chi connectivity index (χ4n) is 1.90. The summed E-state index contributed by atoms with van der Waals surface area (Å²) in [6, 6.07) is 11.6. The van der Waals surface area contributed by atoms with Crippen LogP contribution >= 0.6 is 0 Å². The molecule has 0 radical (unpaired) electrons. The van der Waals surface area contributed by atoms with Crippen molar-refractivity contribution in [3.05, 3.63) is 54.4 Å². The third-order valence-electron chi connectivity index (χ3n) is 3.13. The minimum atomic E-state index is -0.153. The quantitative estimate of drug-likeness (QED) is 0.939. The molecule has 0 bridgehead atoms. The molecule has 1 aromatic heterocycles. The second kappa shape index (κ2) is 6.74. The molecule has 0 fully saturated rings. The molecule has 0 saturated carbocycles. The van der Waals surface area contributed by atoms with Crippen molar-refractivity contribution in [1.29, 1.82) is 0 Å². The smallest absolute Gasteiger partial charge is 0.321 e. The Morgan fingerprint density at radius 3 is 2.43 bits per heavy atom. The second-order valence-electron chi connectivity index (χ2n) is 5.09. The highest BCUT2D eigenvalue weighted by atomic mass is 16.2. The summed E-state index contributed by atoms with van der Waals surface area (Å²) >= 11 is 0. The largest absolute Gasteiger partial charge is 0.378 e. The van der Waals surface area contributed by atoms with E-state index in [0.29, 0.717) is 12.2 Å². The number of hydrogen-bond acceptors (Lipinski definition) is 3. The van der Waals surface area contributed by atoms with Gasteiger partial charge in [-0.2, -0.15) is 0 Å². The van der Waals surface area contributed by atoms with Crippen LogP contribution in [0.2, 0.25) is 0 Å². The van der Waals surface area contributed by atoms with Gasteiger partial charge in [-0.15, -0.1) is 0 Å². The van der Waals surface area contributed by atoms with Crippen molar-refractivity contribution in [2.75, 3.05) is 31.4 Å². The summed E-state index contributed by atoms with van der Waals surface area (Å²) in [6.45, 7) is 0.555. The predicted octanol–water partition coefficient (Wildman–Crippen LogP) is 2.81. The van der Waals surface area contributed by atoms with E-state index in [1.807, 2.05) is 49.3 Å². The fraction of sp³-hybridized carbons (Fsp3) is 0.250. The van der Waals surface area contributed by atoms with Crippen LogP contribution in [0.4, 0.5) is 16.2 Å². The van der Waals surface area contributed by atoms with E-state index in [1.54, 1.807) is 30.4 Å². The third-order valence-corrected chi connectivity index (χ3v) is 3.13. The molecule has 21 heavy (non-hydrogen) atoms. The number of carbonyl (C=O) groups is 1. The van der Waals surface area contributed by atoms with Crippen LogP contribution in [0.1, 0.15) is 5.56 Å². The molecule has 0 aliphatic carbocycles. The van der Waals surface area contributed by atoms with Gasteiger partial charge in [-0.3, -0.25) is 4.98 Å². The average molecular weight is 284 g/mol. The summed E-state index contributed by atoms with van der Waals surface area (Å²) in [5.74, 6) is 0. The Balaban J connectivity index is 1.94. The fourth-order valence-corrected chi connectivity index (χ4v) is 1.90. The molecule has 1 N–H and O–H groups in total. The zero-order chi connectivity index (χ0) is 15.2. The number of hydrogen-bond donors (Lipinski definition) is 1. The van der Waals surface area contributed by atoms with Crippen molar-refractivity contribution in [1.82, 2.24) is 9.88 Å². The molecule has 0 aliphatic heterocycles. The molecule has 0 unspecified atom stereocenters. The number of pyridine rings is 1. The van der Waals surface area contributed by atoms with E-state index in [1.165, 1.54) is 0 Å². The maximum Gasteiger partial charge on any atom is 0.321 e. The van der Waals surface area contributed by atoms with Crippen LogP contribution < -0.4 is 10.2 Å². The number of anilines is 2. The van der Waals surface area contributed by atoms with Gasteiger partial charge < -0.3 is 15.1 Å². The Morgan fingerprint density at radius 2 is 1.86 bits per heavy atom. The molecular weight excluding hydrogens is 264 g/mol. The van der Waals surface area contributed by atoms with Crippen molar-refractivity contribution >= 4 is 17.4 Å². The van der Waals surface area contributed by atoms with Crippen molar-refractivity contribution in [3.8, 4) is 0 Å². The van der Waals surface area contributed by atoms with E-state index in [9.17, 15) is 4.79 Å². The van der Waals surface area contributed by atoms with E-state index >= 15 is 0 Å². The topological polar surface area (TPSA) is 48.5 Å². The molecule has 1 heterocycles. The molecule has 0 spiro atoms. The van der Waals surface area contributed by atoms with Crippen LogP contribution in [0, 0.1) is 0 Å². The standard InChI is InChI=1S/C16H20N4O/c1-19(2)15-8-6-13(7-9-15)12-20(3)16(21)18-14-5-4-10-17-11-14/h4-11H,12H2,1-3H3,(H,18,21). The number of nitrogens with one attached hydrogen (secondary N) is 1. The molecule has 0 aliphatic rings. The molecule has 0 saturated heterocycles. The monoisotopic (exact) mass is 284 g/mol. The van der Waals surface area contributed by atoms with E-state index in [4.69, 9.17) is 0 Å². The van der Waals surface area contributed by atoms with Crippen molar-refractivity contribution in [2.45, 2.75) is 6.54 Å².